The van der Waals surface area contributed by atoms with Crippen LogP contribution < -0.4 is 4.90 Å². The minimum absolute atomic E-state index is 0.219. The van der Waals surface area contributed by atoms with Gasteiger partial charge in [-0.3, -0.25) is 4.79 Å². The first-order valence-corrected chi connectivity index (χ1v) is 5.28. The summed E-state index contributed by atoms with van der Waals surface area (Å²) >= 11 is 1.52. The lowest BCUT2D eigenvalue weighted by Gasteiger charge is -2.05. The lowest BCUT2D eigenvalue weighted by molar-refractivity contribution is -0.142. The van der Waals surface area contributed by atoms with Crippen molar-refractivity contribution in [1.82, 2.24) is 4.98 Å². The van der Waals surface area contributed by atoms with Gasteiger partial charge in [-0.2, -0.15) is 0 Å². The highest BCUT2D eigenvalue weighted by atomic mass is 32.1. The van der Waals surface area contributed by atoms with Crippen LogP contribution in [0, 0.1) is 0 Å². The van der Waals surface area contributed by atoms with Gasteiger partial charge < -0.3 is 9.64 Å². The van der Waals surface area contributed by atoms with Gasteiger partial charge in [0.05, 0.1) is 18.7 Å². The van der Waals surface area contributed by atoms with E-state index in [0.29, 0.717) is 6.61 Å². The van der Waals surface area contributed by atoms with Crippen molar-refractivity contribution in [2.45, 2.75) is 13.3 Å². The third-order valence-corrected chi connectivity index (χ3v) is 2.61. The van der Waals surface area contributed by atoms with Crippen molar-refractivity contribution in [3.8, 4) is 0 Å². The van der Waals surface area contributed by atoms with Crippen LogP contribution in [0.4, 0.5) is 5.13 Å². The Morgan fingerprint density at radius 2 is 2.36 bits per heavy atom. The van der Waals surface area contributed by atoms with Gasteiger partial charge in [-0.05, 0) is 6.92 Å². The van der Waals surface area contributed by atoms with Crippen molar-refractivity contribution in [3.05, 3.63) is 11.1 Å². The Morgan fingerprint density at radius 1 is 1.64 bits per heavy atom. The highest BCUT2D eigenvalue weighted by Gasteiger charge is 2.08. The Bertz CT molecular complexity index is 310. The maximum Gasteiger partial charge on any atom is 0.311 e. The fourth-order valence-electron chi connectivity index (χ4n) is 0.943. The molecule has 0 fully saturated rings. The first-order valence-electron chi connectivity index (χ1n) is 4.40. The zero-order valence-corrected chi connectivity index (χ0v) is 9.43. The van der Waals surface area contributed by atoms with Gasteiger partial charge >= 0.3 is 5.97 Å². The predicted molar refractivity (Wildman–Crippen MR) is 56.8 cm³/mol. The average molecular weight is 214 g/mol. The van der Waals surface area contributed by atoms with E-state index in [1.54, 1.807) is 6.92 Å². The van der Waals surface area contributed by atoms with Crippen LogP contribution in [0.25, 0.3) is 0 Å². The maximum absolute atomic E-state index is 11.1. The average Bonchev–Trinajstić information content (AvgIpc) is 2.53. The van der Waals surface area contributed by atoms with Crippen LogP contribution in [0.5, 0.6) is 0 Å². The van der Waals surface area contributed by atoms with Gasteiger partial charge in [0.15, 0.2) is 5.13 Å². The number of anilines is 1. The number of thiazole rings is 1. The summed E-state index contributed by atoms with van der Waals surface area (Å²) in [6, 6.07) is 0. The van der Waals surface area contributed by atoms with Gasteiger partial charge in [0.25, 0.3) is 0 Å². The number of hydrogen-bond donors (Lipinski definition) is 0. The number of aromatic nitrogens is 1. The summed E-state index contributed by atoms with van der Waals surface area (Å²) < 4.78 is 4.83. The topological polar surface area (TPSA) is 42.4 Å². The van der Waals surface area contributed by atoms with E-state index in [0.717, 1.165) is 10.8 Å². The molecule has 0 saturated carbocycles. The van der Waals surface area contributed by atoms with Crippen molar-refractivity contribution in [2.24, 2.45) is 0 Å². The fourth-order valence-corrected chi connectivity index (χ4v) is 1.70. The summed E-state index contributed by atoms with van der Waals surface area (Å²) in [5.74, 6) is -0.219. The number of carbonyl (C=O) groups is 1. The summed E-state index contributed by atoms with van der Waals surface area (Å²) in [4.78, 5) is 17.3. The third kappa shape index (κ3) is 2.99. The molecule has 0 spiro atoms. The Morgan fingerprint density at radius 3 is 2.86 bits per heavy atom. The van der Waals surface area contributed by atoms with Crippen LogP contribution in [0.15, 0.2) is 5.38 Å². The van der Waals surface area contributed by atoms with Gasteiger partial charge in [0.1, 0.15) is 0 Å². The number of esters is 1. The molecule has 0 bridgehead atoms. The van der Waals surface area contributed by atoms with Gasteiger partial charge in [-0.25, -0.2) is 4.98 Å². The second-order valence-corrected chi connectivity index (χ2v) is 3.83. The molecule has 0 N–H and O–H groups in total. The highest BCUT2D eigenvalue weighted by Crippen LogP contribution is 2.18. The Labute approximate surface area is 87.5 Å². The van der Waals surface area contributed by atoms with Crippen LogP contribution in [-0.2, 0) is 16.0 Å². The molecule has 5 heteroatoms. The molecule has 0 saturated heterocycles. The standard InChI is InChI=1S/C9H14N2O2S/c1-4-13-8(12)5-7-6-14-9(10-7)11(2)3/h6H,4-5H2,1-3H3. The quantitative estimate of drug-likeness (QED) is 0.709. The van der Waals surface area contributed by atoms with Crippen molar-refractivity contribution in [3.63, 3.8) is 0 Å². The van der Waals surface area contributed by atoms with Crippen LogP contribution in [-0.4, -0.2) is 31.7 Å². The molecule has 4 nitrogen and oxygen atoms in total. The molecular weight excluding hydrogens is 200 g/mol. The van der Waals surface area contributed by atoms with Crippen molar-refractivity contribution >= 4 is 22.4 Å². The predicted octanol–water partition coefficient (Wildman–Crippen LogP) is 1.31. The Hall–Kier alpha value is -1.10. The molecule has 1 heterocycles. The van der Waals surface area contributed by atoms with E-state index in [1.807, 2.05) is 24.4 Å². The van der Waals surface area contributed by atoms with Gasteiger partial charge in [-0.1, -0.05) is 0 Å². The van der Waals surface area contributed by atoms with E-state index in [9.17, 15) is 4.79 Å². The van der Waals surface area contributed by atoms with Crippen molar-refractivity contribution < 1.29 is 9.53 Å². The van der Waals surface area contributed by atoms with Gasteiger partial charge in [0.2, 0.25) is 0 Å². The number of rotatable bonds is 4. The van der Waals surface area contributed by atoms with Gasteiger partial charge in [0, 0.05) is 19.5 Å². The molecule has 0 amide bonds. The van der Waals surface area contributed by atoms with Crippen LogP contribution >= 0.6 is 11.3 Å². The maximum atomic E-state index is 11.1. The molecule has 1 rings (SSSR count). The lowest BCUT2D eigenvalue weighted by atomic mass is 10.3. The molecule has 0 aromatic carbocycles. The molecule has 1 aromatic rings. The normalized spacial score (nSPS) is 9.93. The molecule has 78 valence electrons. The lowest BCUT2D eigenvalue weighted by Crippen LogP contribution is -2.10. The van der Waals surface area contributed by atoms with E-state index in [4.69, 9.17) is 4.74 Å². The molecule has 0 aliphatic carbocycles. The zero-order chi connectivity index (χ0) is 10.6. The fraction of sp³-hybridized carbons (Fsp3) is 0.556. The summed E-state index contributed by atoms with van der Waals surface area (Å²) in [7, 11) is 3.85. The minimum atomic E-state index is -0.219. The molecule has 0 aliphatic heterocycles. The van der Waals surface area contributed by atoms with Crippen molar-refractivity contribution in [1.29, 1.82) is 0 Å². The van der Waals surface area contributed by atoms with Crippen LogP contribution in [0.2, 0.25) is 0 Å². The van der Waals surface area contributed by atoms with E-state index in [-0.39, 0.29) is 12.4 Å². The summed E-state index contributed by atoms with van der Waals surface area (Å²) in [6.07, 6.45) is 0.262. The summed E-state index contributed by atoms with van der Waals surface area (Å²) in [6.45, 7) is 2.22. The third-order valence-electron chi connectivity index (χ3n) is 1.55. The SMILES string of the molecule is CCOC(=O)Cc1csc(N(C)C)n1. The Kier molecular flexibility index (Phi) is 3.88. The van der Waals surface area contributed by atoms with Crippen LogP contribution in [0.3, 0.4) is 0 Å². The summed E-state index contributed by atoms with van der Waals surface area (Å²) in [5.41, 5.74) is 0.775. The molecule has 1 aromatic heterocycles. The van der Waals surface area contributed by atoms with E-state index >= 15 is 0 Å². The molecule has 0 atom stereocenters. The molecule has 14 heavy (non-hydrogen) atoms. The number of hydrogen-bond acceptors (Lipinski definition) is 5. The van der Waals surface area contributed by atoms with Gasteiger partial charge in [-0.15, -0.1) is 11.3 Å². The van der Waals surface area contributed by atoms with E-state index < -0.39 is 0 Å². The number of nitrogens with zero attached hydrogens (tertiary/aromatic N) is 2. The first-order chi connectivity index (χ1) is 6.63. The second kappa shape index (κ2) is 4.95. The zero-order valence-electron chi connectivity index (χ0n) is 8.61. The number of ether oxygens (including phenoxy) is 1. The largest absolute Gasteiger partial charge is 0.466 e. The Balaban J connectivity index is 2.55. The van der Waals surface area contributed by atoms with E-state index in [1.165, 1.54) is 11.3 Å². The highest BCUT2D eigenvalue weighted by molar-refractivity contribution is 7.13. The molecule has 0 aliphatic rings. The monoisotopic (exact) mass is 214 g/mol. The smallest absolute Gasteiger partial charge is 0.311 e. The minimum Gasteiger partial charge on any atom is -0.466 e. The number of carbonyl (C=O) groups excluding carboxylic acids is 1. The molecular formula is C9H14N2O2S. The van der Waals surface area contributed by atoms with E-state index in [2.05, 4.69) is 4.98 Å². The molecule has 0 unspecified atom stereocenters. The summed E-state index contributed by atoms with van der Waals surface area (Å²) in [5, 5.41) is 2.79. The molecule has 0 radical (unpaired) electrons. The van der Waals surface area contributed by atoms with Crippen LogP contribution in [0.1, 0.15) is 12.6 Å². The van der Waals surface area contributed by atoms with Crippen molar-refractivity contribution in [2.75, 3.05) is 25.6 Å². The first kappa shape index (κ1) is 11.0. The second-order valence-electron chi connectivity index (χ2n) is 3.00.